The number of carbonyl (C=O) groups is 2. The van der Waals surface area contributed by atoms with Crippen molar-refractivity contribution in [2.75, 3.05) is 10.3 Å². The number of hydrogen-bond donors (Lipinski definition) is 3. The van der Waals surface area contributed by atoms with E-state index in [2.05, 4.69) is 10.9 Å². The lowest BCUT2D eigenvalue weighted by Gasteiger charge is -2.19. The Bertz CT molecular complexity index is 584. The molecule has 0 heterocycles. The van der Waals surface area contributed by atoms with E-state index in [1.54, 1.807) is 48.5 Å². The number of anilines is 3. The molecule has 2 rings (SSSR count). The van der Waals surface area contributed by atoms with Gasteiger partial charge in [-0.3, -0.25) is 15.6 Å². The Morgan fingerprint density at radius 3 is 2.15 bits per heavy atom. The molecule has 0 aliphatic rings. The van der Waals surface area contributed by atoms with Crippen molar-refractivity contribution in [3.8, 4) is 0 Å². The lowest BCUT2D eigenvalue weighted by molar-refractivity contribution is -0.109. The number of hydrazine groups is 1. The molecule has 0 saturated carbocycles. The minimum absolute atomic E-state index is 0.514. The van der Waals surface area contributed by atoms with E-state index in [1.807, 2.05) is 6.07 Å². The molecule has 6 heteroatoms. The summed E-state index contributed by atoms with van der Waals surface area (Å²) in [6.45, 7) is 0. The molecule has 0 radical (unpaired) electrons. The van der Waals surface area contributed by atoms with Crippen molar-refractivity contribution in [1.82, 2.24) is 5.43 Å². The first-order valence-electron chi connectivity index (χ1n) is 5.85. The summed E-state index contributed by atoms with van der Waals surface area (Å²) in [5.41, 5.74) is 6.68. The van der Waals surface area contributed by atoms with Gasteiger partial charge in [0, 0.05) is 0 Å². The topological polar surface area (TPSA) is 81.7 Å². The number of amides is 2. The molecule has 2 aromatic carbocycles. The zero-order valence-corrected chi connectivity index (χ0v) is 10.5. The van der Waals surface area contributed by atoms with Crippen LogP contribution in [0.15, 0.2) is 54.6 Å². The lowest BCUT2D eigenvalue weighted by atomic mass is 10.2. The molecule has 0 aliphatic carbocycles. The van der Waals surface area contributed by atoms with Gasteiger partial charge in [0.2, 0.25) is 6.41 Å². The molecule has 0 spiro atoms. The molecule has 0 aromatic heterocycles. The van der Waals surface area contributed by atoms with Crippen LogP contribution >= 0.6 is 0 Å². The van der Waals surface area contributed by atoms with Gasteiger partial charge < -0.3 is 5.11 Å². The maximum absolute atomic E-state index is 11.4. The number of nitrogens with one attached hydrogen (secondary N) is 2. The van der Waals surface area contributed by atoms with E-state index in [0.29, 0.717) is 23.5 Å². The fourth-order valence-corrected chi connectivity index (χ4v) is 1.75. The molecule has 0 fully saturated rings. The van der Waals surface area contributed by atoms with Crippen LogP contribution < -0.4 is 15.8 Å². The van der Waals surface area contributed by atoms with Crippen molar-refractivity contribution >= 4 is 29.6 Å². The molecule has 0 saturated heterocycles. The molecule has 0 aliphatic heterocycles. The van der Waals surface area contributed by atoms with Gasteiger partial charge in [-0.1, -0.05) is 18.2 Å². The quantitative estimate of drug-likeness (QED) is 0.576. The monoisotopic (exact) mass is 271 g/mol. The summed E-state index contributed by atoms with van der Waals surface area (Å²) < 4.78 is 0. The smallest absolute Gasteiger partial charge is 0.416 e. The van der Waals surface area contributed by atoms with Gasteiger partial charge in [-0.2, -0.15) is 0 Å². The predicted molar refractivity (Wildman–Crippen MR) is 75.9 cm³/mol. The SMILES string of the molecule is O=CNNc1ccc(N(C(=O)O)c2ccccc2)cc1. The molecule has 20 heavy (non-hydrogen) atoms. The van der Waals surface area contributed by atoms with E-state index in [-0.39, 0.29) is 0 Å². The molecule has 3 N–H and O–H groups in total. The Morgan fingerprint density at radius 2 is 1.60 bits per heavy atom. The van der Waals surface area contributed by atoms with Gasteiger partial charge >= 0.3 is 6.09 Å². The van der Waals surface area contributed by atoms with Gasteiger partial charge in [-0.05, 0) is 36.4 Å². The third-order valence-electron chi connectivity index (χ3n) is 2.61. The maximum Gasteiger partial charge on any atom is 0.416 e. The van der Waals surface area contributed by atoms with Crippen LogP contribution in [0.3, 0.4) is 0 Å². The Labute approximate surface area is 115 Å². The highest BCUT2D eigenvalue weighted by atomic mass is 16.4. The molecular formula is C14H13N3O3. The van der Waals surface area contributed by atoms with Crippen molar-refractivity contribution in [2.24, 2.45) is 0 Å². The minimum Gasteiger partial charge on any atom is -0.464 e. The Balaban J connectivity index is 2.26. The Hall–Kier alpha value is -3.02. The van der Waals surface area contributed by atoms with Crippen molar-refractivity contribution in [2.45, 2.75) is 0 Å². The van der Waals surface area contributed by atoms with Gasteiger partial charge in [0.15, 0.2) is 0 Å². The third kappa shape index (κ3) is 3.05. The molecule has 2 aromatic rings. The summed E-state index contributed by atoms with van der Waals surface area (Å²) in [5, 5.41) is 9.34. The van der Waals surface area contributed by atoms with E-state index in [9.17, 15) is 14.7 Å². The van der Waals surface area contributed by atoms with Gasteiger partial charge in [0.1, 0.15) is 0 Å². The average molecular weight is 271 g/mol. The summed E-state index contributed by atoms with van der Waals surface area (Å²) in [7, 11) is 0. The number of nitrogens with zero attached hydrogens (tertiary/aromatic N) is 1. The molecule has 2 amide bonds. The summed E-state index contributed by atoms with van der Waals surface area (Å²) >= 11 is 0. The molecular weight excluding hydrogens is 258 g/mol. The Morgan fingerprint density at radius 1 is 1.00 bits per heavy atom. The number of carbonyl (C=O) groups excluding carboxylic acids is 1. The number of rotatable bonds is 5. The van der Waals surface area contributed by atoms with Crippen LogP contribution in [-0.2, 0) is 4.79 Å². The third-order valence-corrected chi connectivity index (χ3v) is 2.61. The number of para-hydroxylation sites is 1. The van der Waals surface area contributed by atoms with Crippen molar-refractivity contribution in [1.29, 1.82) is 0 Å². The molecule has 0 bridgehead atoms. The van der Waals surface area contributed by atoms with E-state index in [1.165, 1.54) is 4.90 Å². The highest BCUT2D eigenvalue weighted by molar-refractivity contribution is 5.94. The van der Waals surface area contributed by atoms with Crippen molar-refractivity contribution in [3.05, 3.63) is 54.6 Å². The summed E-state index contributed by atoms with van der Waals surface area (Å²) in [4.78, 5) is 22.8. The molecule has 0 unspecified atom stereocenters. The summed E-state index contributed by atoms with van der Waals surface area (Å²) in [6.07, 6.45) is -0.551. The minimum atomic E-state index is -1.07. The van der Waals surface area contributed by atoms with Crippen molar-refractivity contribution in [3.63, 3.8) is 0 Å². The van der Waals surface area contributed by atoms with Crippen LogP contribution in [0, 0.1) is 0 Å². The maximum atomic E-state index is 11.4. The van der Waals surface area contributed by atoms with Gasteiger partial charge in [0.25, 0.3) is 0 Å². The number of hydrogen-bond acceptors (Lipinski definition) is 3. The fourth-order valence-electron chi connectivity index (χ4n) is 1.75. The molecule has 6 nitrogen and oxygen atoms in total. The zero-order chi connectivity index (χ0) is 14.4. The first-order chi connectivity index (χ1) is 9.72. The summed E-state index contributed by atoms with van der Waals surface area (Å²) in [5.74, 6) is 0. The predicted octanol–water partition coefficient (Wildman–Crippen LogP) is 2.58. The lowest BCUT2D eigenvalue weighted by Crippen LogP contribution is -2.23. The first kappa shape index (κ1) is 13.4. The standard InChI is InChI=1S/C14H13N3O3/c18-10-15-16-11-6-8-13(9-7-11)17(14(19)20)12-4-2-1-3-5-12/h1-10,16H,(H,15,18)(H,19,20). The van der Waals surface area contributed by atoms with E-state index in [0.717, 1.165) is 0 Å². The summed E-state index contributed by atoms with van der Waals surface area (Å²) in [6, 6.07) is 15.4. The molecule has 0 atom stereocenters. The largest absolute Gasteiger partial charge is 0.464 e. The van der Waals surface area contributed by atoms with Crippen LogP contribution in [0.2, 0.25) is 0 Å². The second-order valence-electron chi connectivity index (χ2n) is 3.89. The zero-order valence-electron chi connectivity index (χ0n) is 10.5. The highest BCUT2D eigenvalue weighted by Gasteiger charge is 2.16. The number of carboxylic acid groups (broad SMARTS) is 1. The van der Waals surface area contributed by atoms with Crippen LogP contribution in [0.25, 0.3) is 0 Å². The van der Waals surface area contributed by atoms with Crippen LogP contribution in [-0.4, -0.2) is 17.6 Å². The van der Waals surface area contributed by atoms with Gasteiger partial charge in [0.05, 0.1) is 17.1 Å². The fraction of sp³-hybridized carbons (Fsp3) is 0. The van der Waals surface area contributed by atoms with Gasteiger partial charge in [-0.15, -0.1) is 0 Å². The average Bonchev–Trinajstić information content (AvgIpc) is 2.47. The second kappa shape index (κ2) is 6.24. The van der Waals surface area contributed by atoms with Crippen molar-refractivity contribution < 1.29 is 14.7 Å². The Kier molecular flexibility index (Phi) is 4.18. The molecule has 102 valence electrons. The first-order valence-corrected chi connectivity index (χ1v) is 5.85. The van der Waals surface area contributed by atoms with E-state index >= 15 is 0 Å². The number of benzene rings is 2. The van der Waals surface area contributed by atoms with Crippen LogP contribution in [0.1, 0.15) is 0 Å². The van der Waals surface area contributed by atoms with E-state index in [4.69, 9.17) is 0 Å². The van der Waals surface area contributed by atoms with Crippen LogP contribution in [0.4, 0.5) is 21.9 Å². The normalized spacial score (nSPS) is 9.60. The highest BCUT2D eigenvalue weighted by Crippen LogP contribution is 2.26. The van der Waals surface area contributed by atoms with Gasteiger partial charge in [-0.25, -0.2) is 9.69 Å². The second-order valence-corrected chi connectivity index (χ2v) is 3.89. The van der Waals surface area contributed by atoms with Crippen LogP contribution in [0.5, 0.6) is 0 Å². The van der Waals surface area contributed by atoms with E-state index < -0.39 is 6.09 Å².